The zero-order valence-electron chi connectivity index (χ0n) is 15.2. The molecule has 0 saturated carbocycles. The number of fused-ring (bicyclic) bond motifs is 1. The Kier molecular flexibility index (Phi) is 5.83. The van der Waals surface area contributed by atoms with Gasteiger partial charge in [-0.05, 0) is 49.4 Å². The van der Waals surface area contributed by atoms with Crippen LogP contribution in [-0.4, -0.2) is 50.6 Å². The van der Waals surface area contributed by atoms with Crippen LogP contribution in [0.4, 0.5) is 5.69 Å². The summed E-state index contributed by atoms with van der Waals surface area (Å²) in [6.07, 6.45) is 1.33. The van der Waals surface area contributed by atoms with Crippen LogP contribution in [0, 0.1) is 5.92 Å². The van der Waals surface area contributed by atoms with Crippen LogP contribution in [0.2, 0.25) is 0 Å². The molecular formula is C18H22N2O5S2. The van der Waals surface area contributed by atoms with Gasteiger partial charge in [-0.25, -0.2) is 17.5 Å². The topological polar surface area (TPSA) is 92.8 Å². The second kappa shape index (κ2) is 7.95. The summed E-state index contributed by atoms with van der Waals surface area (Å²) in [4.78, 5) is 24.8. The number of carbonyl (C=O) groups excluding carboxylic acids is 2. The van der Waals surface area contributed by atoms with Crippen molar-refractivity contribution in [1.29, 1.82) is 0 Å². The first kappa shape index (κ1) is 19.8. The lowest BCUT2D eigenvalue weighted by Gasteiger charge is -2.30. The van der Waals surface area contributed by atoms with Crippen LogP contribution in [0.25, 0.3) is 10.1 Å². The quantitative estimate of drug-likeness (QED) is 0.765. The van der Waals surface area contributed by atoms with Gasteiger partial charge in [-0.15, -0.1) is 11.3 Å². The van der Waals surface area contributed by atoms with Crippen LogP contribution < -0.4 is 5.32 Å². The number of hydrogen-bond acceptors (Lipinski definition) is 6. The number of rotatable bonds is 5. The number of piperidine rings is 1. The normalized spacial score (nSPS) is 18.4. The van der Waals surface area contributed by atoms with E-state index in [1.807, 2.05) is 6.07 Å². The van der Waals surface area contributed by atoms with Gasteiger partial charge in [0.05, 0.1) is 18.8 Å². The molecule has 1 aromatic heterocycles. The van der Waals surface area contributed by atoms with Crippen molar-refractivity contribution in [2.24, 2.45) is 5.92 Å². The summed E-state index contributed by atoms with van der Waals surface area (Å²) in [5.74, 6) is -0.905. The number of nitrogens with zero attached hydrogens (tertiary/aromatic N) is 1. The van der Waals surface area contributed by atoms with Gasteiger partial charge in [0.2, 0.25) is 15.9 Å². The molecule has 3 rings (SSSR count). The fourth-order valence-electron chi connectivity index (χ4n) is 3.16. The molecule has 1 saturated heterocycles. The number of thiophene rings is 1. The summed E-state index contributed by atoms with van der Waals surface area (Å²) in [7, 11) is -1.95. The molecule has 1 fully saturated rings. The van der Waals surface area contributed by atoms with E-state index < -0.39 is 10.0 Å². The first-order valence-electron chi connectivity index (χ1n) is 8.74. The number of carbonyl (C=O) groups is 2. The highest BCUT2D eigenvalue weighted by Gasteiger charge is 2.31. The van der Waals surface area contributed by atoms with Crippen molar-refractivity contribution < 1.29 is 22.7 Å². The fraction of sp³-hybridized carbons (Fsp3) is 0.444. The van der Waals surface area contributed by atoms with Crippen molar-refractivity contribution in [3.8, 4) is 0 Å². The van der Waals surface area contributed by atoms with E-state index in [1.165, 1.54) is 22.8 Å². The van der Waals surface area contributed by atoms with Crippen LogP contribution in [0.15, 0.2) is 24.3 Å². The highest BCUT2D eigenvalue weighted by atomic mass is 32.2. The summed E-state index contributed by atoms with van der Waals surface area (Å²) >= 11 is 1.33. The molecule has 1 amide bonds. The van der Waals surface area contributed by atoms with Crippen molar-refractivity contribution in [3.05, 3.63) is 29.1 Å². The molecule has 0 unspecified atom stereocenters. The number of anilines is 1. The predicted octanol–water partition coefficient (Wildman–Crippen LogP) is 2.69. The Morgan fingerprint density at radius 3 is 2.81 bits per heavy atom. The summed E-state index contributed by atoms with van der Waals surface area (Å²) < 4.78 is 31.2. The summed E-state index contributed by atoms with van der Waals surface area (Å²) in [6, 6.07) is 7.16. The smallest absolute Gasteiger partial charge is 0.348 e. The molecule has 0 radical (unpaired) electrons. The van der Waals surface area contributed by atoms with Gasteiger partial charge in [0.25, 0.3) is 0 Å². The molecule has 1 aliphatic heterocycles. The Morgan fingerprint density at radius 1 is 1.33 bits per heavy atom. The lowest BCUT2D eigenvalue weighted by Crippen LogP contribution is -2.44. The number of hydrogen-bond donors (Lipinski definition) is 1. The SMILES string of the molecule is CCS(=O)(=O)N1CCC[C@H](C(=O)Nc2ccc3sc(C(=O)OC)cc3c2)C1. The molecule has 27 heavy (non-hydrogen) atoms. The molecule has 1 N–H and O–H groups in total. The second-order valence-electron chi connectivity index (χ2n) is 6.44. The Labute approximate surface area is 162 Å². The molecular weight excluding hydrogens is 388 g/mol. The molecule has 9 heteroatoms. The Bertz CT molecular complexity index is 967. The summed E-state index contributed by atoms with van der Waals surface area (Å²) in [5, 5.41) is 3.72. The number of sulfonamides is 1. The van der Waals surface area contributed by atoms with Crippen LogP contribution in [-0.2, 0) is 19.6 Å². The zero-order valence-corrected chi connectivity index (χ0v) is 16.9. The minimum Gasteiger partial charge on any atom is -0.465 e. The van der Waals surface area contributed by atoms with Crippen LogP contribution >= 0.6 is 11.3 Å². The lowest BCUT2D eigenvalue weighted by molar-refractivity contribution is -0.120. The highest BCUT2D eigenvalue weighted by Crippen LogP contribution is 2.29. The van der Waals surface area contributed by atoms with Crippen molar-refractivity contribution in [2.75, 3.05) is 31.3 Å². The largest absolute Gasteiger partial charge is 0.465 e. The monoisotopic (exact) mass is 410 g/mol. The molecule has 146 valence electrons. The van der Waals surface area contributed by atoms with Crippen molar-refractivity contribution in [3.63, 3.8) is 0 Å². The van der Waals surface area contributed by atoms with Gasteiger partial charge in [0.15, 0.2) is 0 Å². The van der Waals surface area contributed by atoms with E-state index in [1.54, 1.807) is 25.1 Å². The number of ether oxygens (including phenoxy) is 1. The van der Waals surface area contributed by atoms with Crippen LogP contribution in [0.1, 0.15) is 29.4 Å². The van der Waals surface area contributed by atoms with E-state index in [9.17, 15) is 18.0 Å². The Balaban J connectivity index is 1.72. The summed E-state index contributed by atoms with van der Waals surface area (Å²) in [6.45, 7) is 2.30. The first-order valence-corrected chi connectivity index (χ1v) is 11.2. The molecule has 0 bridgehead atoms. The number of esters is 1. The number of methoxy groups -OCH3 is 1. The van der Waals surface area contributed by atoms with E-state index in [-0.39, 0.29) is 30.1 Å². The molecule has 1 aliphatic rings. The zero-order chi connectivity index (χ0) is 19.6. The minimum absolute atomic E-state index is 0.0404. The Hall–Kier alpha value is -1.97. The van der Waals surface area contributed by atoms with E-state index in [0.29, 0.717) is 30.0 Å². The average molecular weight is 411 g/mol. The maximum Gasteiger partial charge on any atom is 0.348 e. The van der Waals surface area contributed by atoms with Crippen molar-refractivity contribution in [2.45, 2.75) is 19.8 Å². The summed E-state index contributed by atoms with van der Waals surface area (Å²) in [5.41, 5.74) is 0.622. The standard InChI is InChI=1S/C18H22N2O5S2/c1-3-27(23,24)20-8-4-5-12(11-20)17(21)19-14-6-7-15-13(9-14)10-16(26-15)18(22)25-2/h6-7,9-10,12H,3-5,8,11H2,1-2H3,(H,19,21)/t12-/m0/s1. The molecule has 2 heterocycles. The third kappa shape index (κ3) is 4.31. The number of benzene rings is 1. The molecule has 2 aromatic rings. The first-order chi connectivity index (χ1) is 12.8. The van der Waals surface area contributed by atoms with Crippen LogP contribution in [0.3, 0.4) is 0 Å². The molecule has 1 atom stereocenters. The lowest BCUT2D eigenvalue weighted by atomic mass is 9.98. The van der Waals surface area contributed by atoms with Gasteiger partial charge >= 0.3 is 5.97 Å². The average Bonchev–Trinajstić information content (AvgIpc) is 3.10. The number of nitrogens with one attached hydrogen (secondary N) is 1. The third-order valence-corrected chi connectivity index (χ3v) is 7.63. The third-order valence-electron chi connectivity index (χ3n) is 4.68. The fourth-order valence-corrected chi connectivity index (χ4v) is 5.30. The molecule has 0 spiro atoms. The van der Waals surface area contributed by atoms with Crippen molar-refractivity contribution >= 4 is 49.0 Å². The van der Waals surface area contributed by atoms with Crippen molar-refractivity contribution in [1.82, 2.24) is 4.31 Å². The van der Waals surface area contributed by atoms with E-state index in [2.05, 4.69) is 5.32 Å². The van der Waals surface area contributed by atoms with Gasteiger partial charge in [-0.2, -0.15) is 0 Å². The van der Waals surface area contributed by atoms with E-state index >= 15 is 0 Å². The second-order valence-corrected chi connectivity index (χ2v) is 9.78. The van der Waals surface area contributed by atoms with E-state index in [4.69, 9.17) is 4.74 Å². The Morgan fingerprint density at radius 2 is 2.11 bits per heavy atom. The molecule has 1 aromatic carbocycles. The van der Waals surface area contributed by atoms with Gasteiger partial charge in [0.1, 0.15) is 4.88 Å². The molecule has 7 nitrogen and oxygen atoms in total. The van der Waals surface area contributed by atoms with Gasteiger partial charge in [-0.3, -0.25) is 4.79 Å². The van der Waals surface area contributed by atoms with E-state index in [0.717, 1.165) is 10.1 Å². The van der Waals surface area contributed by atoms with Crippen LogP contribution in [0.5, 0.6) is 0 Å². The van der Waals surface area contributed by atoms with Gasteiger partial charge in [0, 0.05) is 23.5 Å². The maximum absolute atomic E-state index is 12.6. The van der Waals surface area contributed by atoms with Gasteiger partial charge in [-0.1, -0.05) is 0 Å². The minimum atomic E-state index is -3.29. The molecule has 0 aliphatic carbocycles. The highest BCUT2D eigenvalue weighted by molar-refractivity contribution is 7.89. The number of amides is 1. The van der Waals surface area contributed by atoms with Gasteiger partial charge < -0.3 is 10.1 Å². The predicted molar refractivity (Wildman–Crippen MR) is 106 cm³/mol. The maximum atomic E-state index is 12.6.